The number of nitrogens with zero attached hydrogens (tertiary/aromatic N) is 2. The molecule has 122 valence electrons. The average Bonchev–Trinajstić information content (AvgIpc) is 3.04. The summed E-state index contributed by atoms with van der Waals surface area (Å²) in [7, 11) is -2.50. The van der Waals surface area contributed by atoms with Crippen LogP contribution in [-0.4, -0.2) is 49.0 Å². The lowest BCUT2D eigenvalue weighted by atomic mass is 10.1. The molecule has 3 rings (SSSR count). The Morgan fingerprint density at radius 2 is 2.17 bits per heavy atom. The molecule has 1 aliphatic rings. The van der Waals surface area contributed by atoms with Crippen LogP contribution in [0.4, 0.5) is 0 Å². The summed E-state index contributed by atoms with van der Waals surface area (Å²) in [6.07, 6.45) is 1.82. The predicted octanol–water partition coefficient (Wildman–Crippen LogP) is 1.34. The van der Waals surface area contributed by atoms with Gasteiger partial charge in [0, 0.05) is 24.7 Å². The molecule has 7 nitrogen and oxygen atoms in total. The zero-order chi connectivity index (χ0) is 16.6. The van der Waals surface area contributed by atoms with Gasteiger partial charge in [0.25, 0.3) is 0 Å². The third-order valence-electron chi connectivity index (χ3n) is 4.01. The fourth-order valence-electron chi connectivity index (χ4n) is 2.79. The first-order valence-corrected chi connectivity index (χ1v) is 8.54. The average molecular weight is 336 g/mol. The molecule has 2 aromatic rings. The lowest BCUT2D eigenvalue weighted by Gasteiger charge is -2.19. The topological polar surface area (TPSA) is 96.8 Å². The molecule has 1 unspecified atom stereocenters. The van der Waals surface area contributed by atoms with Crippen LogP contribution in [0.25, 0.3) is 10.9 Å². The number of ether oxygens (including phenoxy) is 1. The quantitative estimate of drug-likeness (QED) is 0.905. The standard InChI is InChI=1S/C15H16N2O5S/c1-22-12-5-4-10-3-2-7-16-13(10)14(12)23(20,21)17-8-6-11(9-17)15(18)19/h2-5,7,11H,6,8-9H2,1H3,(H,18,19). The molecule has 1 aromatic carbocycles. The number of aromatic nitrogens is 1. The molecule has 1 fully saturated rings. The normalized spacial score (nSPS) is 19.1. The minimum atomic E-state index is -3.89. The van der Waals surface area contributed by atoms with Gasteiger partial charge in [-0.15, -0.1) is 0 Å². The molecular weight excluding hydrogens is 320 g/mol. The van der Waals surface area contributed by atoms with Crippen molar-refractivity contribution >= 4 is 26.9 Å². The smallest absolute Gasteiger partial charge is 0.307 e. The van der Waals surface area contributed by atoms with Gasteiger partial charge in [0.05, 0.1) is 18.5 Å². The number of fused-ring (bicyclic) bond motifs is 1. The van der Waals surface area contributed by atoms with Gasteiger partial charge in [0.15, 0.2) is 4.90 Å². The van der Waals surface area contributed by atoms with E-state index in [0.717, 1.165) is 0 Å². The monoisotopic (exact) mass is 336 g/mol. The van der Waals surface area contributed by atoms with Crippen LogP contribution < -0.4 is 4.74 Å². The first kappa shape index (κ1) is 15.7. The Labute approximate surface area is 133 Å². The number of carboxylic acids is 1. The Bertz CT molecular complexity index is 865. The van der Waals surface area contributed by atoms with Crippen LogP contribution in [0.15, 0.2) is 35.4 Å². The zero-order valence-electron chi connectivity index (χ0n) is 12.5. The molecule has 1 aliphatic heterocycles. The van der Waals surface area contributed by atoms with Crippen LogP contribution in [0.3, 0.4) is 0 Å². The van der Waals surface area contributed by atoms with E-state index >= 15 is 0 Å². The van der Waals surface area contributed by atoms with E-state index in [1.54, 1.807) is 24.3 Å². The minimum Gasteiger partial charge on any atom is -0.495 e. The second-order valence-corrected chi connectivity index (χ2v) is 7.23. The highest BCUT2D eigenvalue weighted by Gasteiger charge is 2.38. The van der Waals surface area contributed by atoms with Crippen molar-refractivity contribution in [2.45, 2.75) is 11.3 Å². The summed E-state index contributed by atoms with van der Waals surface area (Å²) in [6.45, 7) is 0.135. The molecule has 1 saturated heterocycles. The lowest BCUT2D eigenvalue weighted by molar-refractivity contribution is -0.141. The van der Waals surface area contributed by atoms with Gasteiger partial charge in [0.1, 0.15) is 5.75 Å². The van der Waals surface area contributed by atoms with Gasteiger partial charge in [-0.25, -0.2) is 8.42 Å². The number of pyridine rings is 1. The maximum atomic E-state index is 13.0. The summed E-state index contributed by atoms with van der Waals surface area (Å²) in [6, 6.07) is 6.82. The molecule has 2 heterocycles. The van der Waals surface area contributed by atoms with Crippen molar-refractivity contribution in [2.24, 2.45) is 5.92 Å². The van der Waals surface area contributed by atoms with Crippen LogP contribution in [0.5, 0.6) is 5.75 Å². The van der Waals surface area contributed by atoms with E-state index in [0.29, 0.717) is 17.3 Å². The van der Waals surface area contributed by atoms with Gasteiger partial charge in [-0.05, 0) is 24.6 Å². The third-order valence-corrected chi connectivity index (χ3v) is 5.93. The van der Waals surface area contributed by atoms with Gasteiger partial charge in [0.2, 0.25) is 10.0 Å². The number of sulfonamides is 1. The summed E-state index contributed by atoms with van der Waals surface area (Å²) >= 11 is 0. The van der Waals surface area contributed by atoms with Crippen molar-refractivity contribution in [3.05, 3.63) is 30.5 Å². The fourth-order valence-corrected chi connectivity index (χ4v) is 4.59. The van der Waals surface area contributed by atoms with Gasteiger partial charge in [-0.1, -0.05) is 6.07 Å². The van der Waals surface area contributed by atoms with E-state index in [4.69, 9.17) is 9.84 Å². The van der Waals surface area contributed by atoms with E-state index in [1.165, 1.54) is 17.6 Å². The molecule has 0 bridgehead atoms. The van der Waals surface area contributed by atoms with Gasteiger partial charge in [-0.3, -0.25) is 9.78 Å². The molecule has 0 amide bonds. The minimum absolute atomic E-state index is 0.0101. The van der Waals surface area contributed by atoms with Gasteiger partial charge >= 0.3 is 5.97 Å². The van der Waals surface area contributed by atoms with Crippen molar-refractivity contribution in [1.29, 1.82) is 0 Å². The molecule has 8 heteroatoms. The molecule has 1 aromatic heterocycles. The Balaban J connectivity index is 2.13. The maximum Gasteiger partial charge on any atom is 0.307 e. The highest BCUT2D eigenvalue weighted by Crippen LogP contribution is 2.35. The third kappa shape index (κ3) is 2.64. The molecule has 0 saturated carbocycles. The summed E-state index contributed by atoms with van der Waals surface area (Å²) < 4.78 is 32.4. The number of hydrogen-bond donors (Lipinski definition) is 1. The molecular formula is C15H16N2O5S. The predicted molar refractivity (Wildman–Crippen MR) is 82.8 cm³/mol. The van der Waals surface area contributed by atoms with Crippen molar-refractivity contribution in [2.75, 3.05) is 20.2 Å². The van der Waals surface area contributed by atoms with Gasteiger partial charge in [-0.2, -0.15) is 4.31 Å². The molecule has 23 heavy (non-hydrogen) atoms. The maximum absolute atomic E-state index is 13.0. The highest BCUT2D eigenvalue weighted by molar-refractivity contribution is 7.89. The number of hydrogen-bond acceptors (Lipinski definition) is 5. The summed E-state index contributed by atoms with van der Waals surface area (Å²) in [4.78, 5) is 15.3. The molecule has 0 spiro atoms. The first-order chi connectivity index (χ1) is 10.9. The van der Waals surface area contributed by atoms with E-state index in [9.17, 15) is 13.2 Å². The number of aliphatic carboxylic acids is 1. The van der Waals surface area contributed by atoms with Gasteiger partial charge < -0.3 is 9.84 Å². The molecule has 1 N–H and O–H groups in total. The van der Waals surface area contributed by atoms with Crippen LogP contribution in [0.1, 0.15) is 6.42 Å². The van der Waals surface area contributed by atoms with Crippen molar-refractivity contribution in [3.8, 4) is 5.75 Å². The largest absolute Gasteiger partial charge is 0.495 e. The van der Waals surface area contributed by atoms with E-state index < -0.39 is 21.9 Å². The number of benzene rings is 1. The number of rotatable bonds is 4. The Hall–Kier alpha value is -2.19. The second-order valence-electron chi connectivity index (χ2n) is 5.36. The van der Waals surface area contributed by atoms with Crippen molar-refractivity contribution < 1.29 is 23.1 Å². The molecule has 0 aliphatic carbocycles. The SMILES string of the molecule is COc1ccc2cccnc2c1S(=O)(=O)N1CCC(C(=O)O)C1. The summed E-state index contributed by atoms with van der Waals surface area (Å²) in [5.41, 5.74) is 0.325. The van der Waals surface area contributed by atoms with Crippen LogP contribution in [0, 0.1) is 5.92 Å². The highest BCUT2D eigenvalue weighted by atomic mass is 32.2. The number of carboxylic acid groups (broad SMARTS) is 1. The summed E-state index contributed by atoms with van der Waals surface area (Å²) in [5, 5.41) is 9.76. The van der Waals surface area contributed by atoms with E-state index in [2.05, 4.69) is 4.98 Å². The van der Waals surface area contributed by atoms with Crippen LogP contribution in [0.2, 0.25) is 0 Å². The Morgan fingerprint density at radius 1 is 1.39 bits per heavy atom. The van der Waals surface area contributed by atoms with Crippen LogP contribution >= 0.6 is 0 Å². The molecule has 0 radical (unpaired) electrons. The molecule has 1 atom stereocenters. The number of methoxy groups -OCH3 is 1. The Kier molecular flexibility index (Phi) is 3.95. The van der Waals surface area contributed by atoms with Crippen molar-refractivity contribution in [1.82, 2.24) is 9.29 Å². The first-order valence-electron chi connectivity index (χ1n) is 7.10. The zero-order valence-corrected chi connectivity index (χ0v) is 13.3. The fraction of sp³-hybridized carbons (Fsp3) is 0.333. The van der Waals surface area contributed by atoms with E-state index in [-0.39, 0.29) is 23.7 Å². The Morgan fingerprint density at radius 3 is 2.83 bits per heavy atom. The lowest BCUT2D eigenvalue weighted by Crippen LogP contribution is -2.30. The second kappa shape index (κ2) is 5.78. The number of carbonyl (C=O) groups is 1. The summed E-state index contributed by atoms with van der Waals surface area (Å²) in [5.74, 6) is -1.46. The van der Waals surface area contributed by atoms with Crippen molar-refractivity contribution in [3.63, 3.8) is 0 Å². The van der Waals surface area contributed by atoms with E-state index in [1.807, 2.05) is 0 Å². The van der Waals surface area contributed by atoms with Crippen LogP contribution in [-0.2, 0) is 14.8 Å².